The van der Waals surface area contributed by atoms with E-state index < -0.39 is 0 Å². The average molecular weight is 461 g/mol. The number of piperidine rings is 1. The van der Waals surface area contributed by atoms with Gasteiger partial charge in [0.15, 0.2) is 5.58 Å². The number of aryl methyl sites for hydroxylation is 1. The van der Waals surface area contributed by atoms with E-state index in [-0.39, 0.29) is 0 Å². The summed E-state index contributed by atoms with van der Waals surface area (Å²) >= 11 is 6.00. The maximum Gasteiger partial charge on any atom is 0.170 e. The number of benzene rings is 3. The van der Waals surface area contributed by atoms with E-state index in [4.69, 9.17) is 20.9 Å². The lowest BCUT2D eigenvalue weighted by molar-refractivity contribution is 0.172. The van der Waals surface area contributed by atoms with E-state index in [1.165, 1.54) is 18.4 Å². The van der Waals surface area contributed by atoms with Crippen LogP contribution in [-0.4, -0.2) is 23.1 Å². The number of ether oxygens (including phenoxy) is 1. The van der Waals surface area contributed by atoms with Gasteiger partial charge in [-0.05, 0) is 80.1 Å². The third-order valence-corrected chi connectivity index (χ3v) is 6.83. The molecule has 0 aliphatic carbocycles. The summed E-state index contributed by atoms with van der Waals surface area (Å²) in [6.07, 6.45) is 4.59. The van der Waals surface area contributed by atoms with Crippen molar-refractivity contribution in [1.29, 1.82) is 0 Å². The predicted molar refractivity (Wildman–Crippen MR) is 133 cm³/mol. The number of hydrogen-bond acceptors (Lipinski definition) is 4. The first-order chi connectivity index (χ1) is 16.2. The van der Waals surface area contributed by atoms with Crippen LogP contribution in [0.25, 0.3) is 11.0 Å². The highest BCUT2D eigenvalue weighted by atomic mass is 35.5. The summed E-state index contributed by atoms with van der Waals surface area (Å²) in [4.78, 5) is 2.54. The summed E-state index contributed by atoms with van der Waals surface area (Å²) in [5.41, 5.74) is 4.34. The van der Waals surface area contributed by atoms with Crippen LogP contribution in [-0.2, 0) is 19.6 Å². The minimum absolute atomic E-state index is 0.546. The average Bonchev–Trinajstić information content (AvgIpc) is 3.26. The molecule has 170 valence electrons. The van der Waals surface area contributed by atoms with Gasteiger partial charge in [0.2, 0.25) is 0 Å². The second-order valence-electron chi connectivity index (χ2n) is 8.95. The third-order valence-electron chi connectivity index (χ3n) is 6.58. The highest BCUT2D eigenvalue weighted by Crippen LogP contribution is 2.28. The van der Waals surface area contributed by atoms with Gasteiger partial charge in [-0.1, -0.05) is 59.2 Å². The minimum atomic E-state index is 0.546. The van der Waals surface area contributed by atoms with Crippen molar-refractivity contribution in [3.05, 3.63) is 94.6 Å². The number of nitrogens with zero attached hydrogens (tertiary/aromatic N) is 2. The van der Waals surface area contributed by atoms with Crippen LogP contribution in [0.4, 0.5) is 0 Å². The van der Waals surface area contributed by atoms with E-state index in [0.29, 0.717) is 6.61 Å². The van der Waals surface area contributed by atoms with Gasteiger partial charge in [-0.15, -0.1) is 0 Å². The molecule has 1 saturated heterocycles. The zero-order chi connectivity index (χ0) is 22.5. The number of fused-ring (bicyclic) bond motifs is 1. The van der Waals surface area contributed by atoms with Crippen LogP contribution in [0.2, 0.25) is 5.02 Å². The second-order valence-corrected chi connectivity index (χ2v) is 9.38. The van der Waals surface area contributed by atoms with Gasteiger partial charge in [-0.25, -0.2) is 0 Å². The Morgan fingerprint density at radius 2 is 1.73 bits per heavy atom. The molecule has 1 aliphatic heterocycles. The summed E-state index contributed by atoms with van der Waals surface area (Å²) in [6.45, 7) is 3.85. The van der Waals surface area contributed by atoms with Crippen molar-refractivity contribution in [1.82, 2.24) is 10.1 Å². The first-order valence-corrected chi connectivity index (χ1v) is 12.1. The summed E-state index contributed by atoms with van der Waals surface area (Å²) in [5.74, 6) is 1.55. The fourth-order valence-corrected chi connectivity index (χ4v) is 4.73. The van der Waals surface area contributed by atoms with Crippen LogP contribution >= 0.6 is 11.6 Å². The van der Waals surface area contributed by atoms with E-state index >= 15 is 0 Å². The fourth-order valence-electron chi connectivity index (χ4n) is 4.60. The van der Waals surface area contributed by atoms with Gasteiger partial charge < -0.3 is 9.26 Å². The van der Waals surface area contributed by atoms with Gasteiger partial charge in [0.05, 0.1) is 5.69 Å². The summed E-state index contributed by atoms with van der Waals surface area (Å²) in [7, 11) is 0. The molecule has 3 aromatic carbocycles. The third kappa shape index (κ3) is 5.76. The molecule has 0 amide bonds. The van der Waals surface area contributed by atoms with E-state index in [1.807, 2.05) is 42.5 Å². The summed E-state index contributed by atoms with van der Waals surface area (Å²) in [5, 5.41) is 6.26. The van der Waals surface area contributed by atoms with Crippen molar-refractivity contribution in [3.63, 3.8) is 0 Å². The Kier molecular flexibility index (Phi) is 6.94. The fraction of sp³-hybridized carbons (Fsp3) is 0.321. The Balaban J connectivity index is 1.11. The zero-order valence-corrected chi connectivity index (χ0v) is 19.5. The first-order valence-electron chi connectivity index (χ1n) is 11.7. The standard InChI is InChI=1S/C28H29ClN2O2/c29-24-9-6-22(7-10-24)19-31-16-14-21(15-17-31)8-13-27-26-12-11-25(18-28(26)33-30-27)32-20-23-4-2-1-3-5-23/h1-7,9-12,18,21H,8,13-17,19-20H2. The molecule has 0 unspecified atom stereocenters. The van der Waals surface area contributed by atoms with Crippen LogP contribution in [0.15, 0.2) is 77.3 Å². The van der Waals surface area contributed by atoms with Crippen molar-refractivity contribution in [2.45, 2.75) is 38.8 Å². The van der Waals surface area contributed by atoms with E-state index in [9.17, 15) is 0 Å². The number of likely N-dealkylation sites (tertiary alicyclic amines) is 1. The summed E-state index contributed by atoms with van der Waals surface area (Å²) in [6, 6.07) is 24.4. The first kappa shape index (κ1) is 22.0. The molecule has 5 rings (SSSR count). The van der Waals surface area contributed by atoms with Crippen LogP contribution in [0.3, 0.4) is 0 Å². The SMILES string of the molecule is Clc1ccc(CN2CCC(CCc3noc4cc(OCc5ccccc5)ccc34)CC2)cc1. The van der Waals surface area contributed by atoms with Gasteiger partial charge in [0.25, 0.3) is 0 Å². The number of hydrogen-bond donors (Lipinski definition) is 0. The lowest BCUT2D eigenvalue weighted by atomic mass is 9.91. The van der Waals surface area contributed by atoms with E-state index in [0.717, 1.165) is 71.4 Å². The van der Waals surface area contributed by atoms with Crippen LogP contribution in [0.5, 0.6) is 5.75 Å². The molecule has 0 radical (unpaired) electrons. The molecule has 0 N–H and O–H groups in total. The zero-order valence-electron chi connectivity index (χ0n) is 18.8. The topological polar surface area (TPSA) is 38.5 Å². The summed E-state index contributed by atoms with van der Waals surface area (Å²) < 4.78 is 11.5. The van der Waals surface area contributed by atoms with E-state index in [1.54, 1.807) is 0 Å². The number of halogens is 1. The highest BCUT2D eigenvalue weighted by Gasteiger charge is 2.20. The molecule has 33 heavy (non-hydrogen) atoms. The normalized spacial score (nSPS) is 15.2. The van der Waals surface area contributed by atoms with E-state index in [2.05, 4.69) is 40.4 Å². The van der Waals surface area contributed by atoms with Gasteiger partial charge in [-0.2, -0.15) is 0 Å². The maximum atomic E-state index is 6.00. The largest absolute Gasteiger partial charge is 0.489 e. The predicted octanol–water partition coefficient (Wildman–Crippen LogP) is 6.91. The molecular formula is C28H29ClN2O2. The molecule has 0 atom stereocenters. The van der Waals surface area contributed by atoms with Crippen molar-refractivity contribution in [3.8, 4) is 5.75 Å². The molecule has 2 heterocycles. The Hall–Kier alpha value is -2.82. The smallest absolute Gasteiger partial charge is 0.170 e. The Morgan fingerprint density at radius 3 is 2.52 bits per heavy atom. The second kappa shape index (κ2) is 10.4. The molecule has 0 saturated carbocycles. The monoisotopic (exact) mass is 460 g/mol. The van der Waals surface area contributed by atoms with Crippen molar-refractivity contribution in [2.75, 3.05) is 13.1 Å². The van der Waals surface area contributed by atoms with Crippen LogP contribution < -0.4 is 4.74 Å². The molecule has 4 nitrogen and oxygen atoms in total. The molecule has 1 fully saturated rings. The Bertz CT molecular complexity index is 1170. The van der Waals surface area contributed by atoms with Crippen LogP contribution in [0.1, 0.15) is 36.1 Å². The van der Waals surface area contributed by atoms with Gasteiger partial charge in [0, 0.05) is 23.0 Å². The maximum absolute atomic E-state index is 6.00. The lowest BCUT2D eigenvalue weighted by Gasteiger charge is -2.32. The van der Waals surface area contributed by atoms with Gasteiger partial charge >= 0.3 is 0 Å². The molecule has 4 aromatic rings. The van der Waals surface area contributed by atoms with Crippen molar-refractivity contribution < 1.29 is 9.26 Å². The van der Waals surface area contributed by atoms with Crippen molar-refractivity contribution >= 4 is 22.6 Å². The van der Waals surface area contributed by atoms with Gasteiger partial charge in [0.1, 0.15) is 12.4 Å². The highest BCUT2D eigenvalue weighted by molar-refractivity contribution is 6.30. The molecule has 0 spiro atoms. The Morgan fingerprint density at radius 1 is 0.939 bits per heavy atom. The van der Waals surface area contributed by atoms with Gasteiger partial charge in [-0.3, -0.25) is 4.90 Å². The number of rotatable bonds is 8. The van der Waals surface area contributed by atoms with Crippen molar-refractivity contribution in [2.24, 2.45) is 5.92 Å². The minimum Gasteiger partial charge on any atom is -0.489 e. The Labute approximate surface area is 200 Å². The quantitative estimate of drug-likeness (QED) is 0.286. The molecule has 1 aromatic heterocycles. The molecule has 1 aliphatic rings. The molecule has 0 bridgehead atoms. The number of aromatic nitrogens is 1. The van der Waals surface area contributed by atoms with Crippen LogP contribution in [0, 0.1) is 5.92 Å². The lowest BCUT2D eigenvalue weighted by Crippen LogP contribution is -2.33. The molecule has 5 heteroatoms. The molecular weight excluding hydrogens is 432 g/mol.